The monoisotopic (exact) mass is 308 g/mol. The molecule has 0 aromatic heterocycles. The molecule has 1 saturated heterocycles. The largest absolute Gasteiger partial charge is 0.522 e. The van der Waals surface area contributed by atoms with E-state index in [1.807, 2.05) is 0 Å². The van der Waals surface area contributed by atoms with Gasteiger partial charge in [-0.05, 0) is 26.2 Å². The first kappa shape index (κ1) is 17.0. The van der Waals surface area contributed by atoms with Gasteiger partial charge >= 0.3 is 6.36 Å². The predicted octanol–water partition coefficient (Wildman–Crippen LogP) is 3.30. The Bertz CT molecular complexity index is 342. The highest BCUT2D eigenvalue weighted by Gasteiger charge is 2.44. The molecule has 0 aromatic rings. The van der Waals surface area contributed by atoms with Crippen LogP contribution < -0.4 is 5.32 Å². The van der Waals surface area contributed by atoms with E-state index in [9.17, 15) is 13.2 Å². The van der Waals surface area contributed by atoms with E-state index >= 15 is 0 Å². The van der Waals surface area contributed by atoms with Crippen molar-refractivity contribution in [2.45, 2.75) is 69.8 Å². The normalized spacial score (nSPS) is 30.7. The van der Waals surface area contributed by atoms with Crippen LogP contribution in [0.2, 0.25) is 0 Å². The summed E-state index contributed by atoms with van der Waals surface area (Å²) in [4.78, 5) is 2.21. The first-order chi connectivity index (χ1) is 9.79. The Morgan fingerprint density at radius 2 is 1.86 bits per heavy atom. The van der Waals surface area contributed by atoms with Crippen molar-refractivity contribution >= 4 is 0 Å². The molecule has 2 fully saturated rings. The molecule has 3 nitrogen and oxygen atoms in total. The Hall–Kier alpha value is -0.330. The molecule has 1 saturated carbocycles. The van der Waals surface area contributed by atoms with E-state index in [1.165, 1.54) is 19.3 Å². The van der Waals surface area contributed by atoms with Crippen molar-refractivity contribution in [1.29, 1.82) is 0 Å². The van der Waals surface area contributed by atoms with Gasteiger partial charge in [0.05, 0.1) is 6.61 Å². The minimum Gasteiger partial charge on any atom is -0.308 e. The van der Waals surface area contributed by atoms with Crippen LogP contribution in [-0.4, -0.2) is 48.6 Å². The molecule has 1 unspecified atom stereocenters. The van der Waals surface area contributed by atoms with E-state index in [-0.39, 0.29) is 17.7 Å². The smallest absolute Gasteiger partial charge is 0.308 e. The lowest BCUT2D eigenvalue weighted by molar-refractivity contribution is -0.325. The van der Waals surface area contributed by atoms with Gasteiger partial charge in [0.2, 0.25) is 0 Å². The molecule has 1 heterocycles. The zero-order valence-corrected chi connectivity index (χ0v) is 13.1. The topological polar surface area (TPSA) is 24.5 Å². The molecule has 0 amide bonds. The van der Waals surface area contributed by atoms with Gasteiger partial charge in [-0.3, -0.25) is 9.64 Å². The highest BCUT2D eigenvalue weighted by Crippen LogP contribution is 2.35. The second kappa shape index (κ2) is 6.42. The summed E-state index contributed by atoms with van der Waals surface area (Å²) >= 11 is 0. The Labute approximate surface area is 125 Å². The molecule has 124 valence electrons. The van der Waals surface area contributed by atoms with Crippen LogP contribution in [0.25, 0.3) is 0 Å². The Morgan fingerprint density at radius 1 is 1.19 bits per heavy atom. The third-order valence-corrected chi connectivity index (χ3v) is 5.30. The number of ether oxygens (including phenoxy) is 1. The minimum atomic E-state index is -4.53. The Kier molecular flexibility index (Phi) is 5.21. The van der Waals surface area contributed by atoms with Crippen LogP contribution in [0.3, 0.4) is 0 Å². The van der Waals surface area contributed by atoms with Crippen molar-refractivity contribution in [3.8, 4) is 0 Å². The van der Waals surface area contributed by atoms with E-state index in [4.69, 9.17) is 0 Å². The van der Waals surface area contributed by atoms with Crippen LogP contribution in [0.4, 0.5) is 13.2 Å². The second-order valence-electron chi connectivity index (χ2n) is 6.76. The van der Waals surface area contributed by atoms with Gasteiger partial charge < -0.3 is 5.32 Å². The molecule has 1 atom stereocenters. The fraction of sp³-hybridized carbons (Fsp3) is 1.00. The summed E-state index contributed by atoms with van der Waals surface area (Å²) in [5.74, 6) is 0. The highest BCUT2D eigenvalue weighted by molar-refractivity contribution is 5.04. The summed E-state index contributed by atoms with van der Waals surface area (Å²) < 4.78 is 40.5. The Balaban J connectivity index is 1.98. The first-order valence-corrected chi connectivity index (χ1v) is 7.99. The van der Waals surface area contributed by atoms with Crippen LogP contribution >= 0.6 is 0 Å². The van der Waals surface area contributed by atoms with Crippen molar-refractivity contribution in [2.24, 2.45) is 0 Å². The summed E-state index contributed by atoms with van der Waals surface area (Å²) in [6.45, 7) is 5.96. The second-order valence-corrected chi connectivity index (χ2v) is 6.76. The van der Waals surface area contributed by atoms with Crippen molar-refractivity contribution in [3.63, 3.8) is 0 Å². The maximum Gasteiger partial charge on any atom is 0.522 e. The number of nitrogens with one attached hydrogen (secondary N) is 1. The number of piperazine rings is 1. The van der Waals surface area contributed by atoms with Crippen LogP contribution in [0.15, 0.2) is 0 Å². The van der Waals surface area contributed by atoms with Crippen LogP contribution in [0.5, 0.6) is 0 Å². The van der Waals surface area contributed by atoms with E-state index in [0.29, 0.717) is 6.54 Å². The maximum absolute atomic E-state index is 12.2. The van der Waals surface area contributed by atoms with Crippen molar-refractivity contribution in [1.82, 2.24) is 10.2 Å². The lowest BCUT2D eigenvalue weighted by Crippen LogP contribution is -2.69. The molecule has 0 aromatic carbocycles. The molecule has 21 heavy (non-hydrogen) atoms. The first-order valence-electron chi connectivity index (χ1n) is 7.99. The molecule has 0 radical (unpaired) electrons. The standard InChI is InChI=1S/C15H27F3N2O/c1-3-13(2)11-19-14(7-5-4-6-8-14)12-20(13)9-10-21-15(16,17)18/h19H,3-12H2,1-2H3. The third-order valence-electron chi connectivity index (χ3n) is 5.30. The lowest BCUT2D eigenvalue weighted by Gasteiger charge is -2.54. The molecule has 2 rings (SSSR count). The average molecular weight is 308 g/mol. The van der Waals surface area contributed by atoms with Crippen molar-refractivity contribution in [2.75, 3.05) is 26.2 Å². The average Bonchev–Trinajstić information content (AvgIpc) is 2.43. The van der Waals surface area contributed by atoms with E-state index < -0.39 is 6.36 Å². The van der Waals surface area contributed by atoms with Gasteiger partial charge in [-0.1, -0.05) is 26.2 Å². The van der Waals surface area contributed by atoms with Gasteiger partial charge in [0.15, 0.2) is 0 Å². The zero-order valence-electron chi connectivity index (χ0n) is 13.1. The minimum absolute atomic E-state index is 0.0857. The van der Waals surface area contributed by atoms with Crippen molar-refractivity contribution in [3.05, 3.63) is 0 Å². The van der Waals surface area contributed by atoms with Crippen LogP contribution in [-0.2, 0) is 4.74 Å². The number of rotatable bonds is 4. The summed E-state index contributed by atoms with van der Waals surface area (Å²) in [7, 11) is 0. The van der Waals surface area contributed by atoms with Gasteiger partial charge in [-0.15, -0.1) is 13.2 Å². The quantitative estimate of drug-likeness (QED) is 0.862. The van der Waals surface area contributed by atoms with Crippen molar-refractivity contribution < 1.29 is 17.9 Å². The Morgan fingerprint density at radius 3 is 2.43 bits per heavy atom. The number of nitrogens with zero attached hydrogens (tertiary/aromatic N) is 1. The summed E-state index contributed by atoms with van der Waals surface area (Å²) in [6.07, 6.45) is 2.34. The molecule has 1 spiro atoms. The van der Waals surface area contributed by atoms with Gasteiger partial charge in [-0.25, -0.2) is 0 Å². The summed E-state index contributed by atoms with van der Waals surface area (Å²) in [5, 5.41) is 3.71. The molecular formula is C15H27F3N2O. The number of hydrogen-bond donors (Lipinski definition) is 1. The van der Waals surface area contributed by atoms with Gasteiger partial charge in [0.1, 0.15) is 0 Å². The van der Waals surface area contributed by atoms with E-state index in [0.717, 1.165) is 32.4 Å². The lowest BCUT2D eigenvalue weighted by atomic mass is 9.77. The van der Waals surface area contributed by atoms with E-state index in [2.05, 4.69) is 28.8 Å². The highest BCUT2D eigenvalue weighted by atomic mass is 19.4. The molecule has 1 aliphatic carbocycles. The van der Waals surface area contributed by atoms with Gasteiger partial charge in [0.25, 0.3) is 0 Å². The molecule has 0 bridgehead atoms. The number of alkyl halides is 3. The fourth-order valence-corrected chi connectivity index (χ4v) is 3.63. The number of halogens is 3. The predicted molar refractivity (Wildman–Crippen MR) is 76.1 cm³/mol. The summed E-state index contributed by atoms with van der Waals surface area (Å²) in [6, 6.07) is 0. The summed E-state index contributed by atoms with van der Waals surface area (Å²) in [5.41, 5.74) is 0.0167. The molecule has 6 heteroatoms. The molecular weight excluding hydrogens is 281 g/mol. The van der Waals surface area contributed by atoms with Crippen LogP contribution in [0, 0.1) is 0 Å². The van der Waals surface area contributed by atoms with Crippen LogP contribution in [0.1, 0.15) is 52.4 Å². The third kappa shape index (κ3) is 4.33. The molecule has 2 aliphatic rings. The molecule has 1 aliphatic heterocycles. The zero-order chi connectivity index (χ0) is 15.6. The maximum atomic E-state index is 12.2. The SMILES string of the molecule is CCC1(C)CNC2(CCCCC2)CN1CCOC(F)(F)F. The fourth-order valence-electron chi connectivity index (χ4n) is 3.63. The molecule has 1 N–H and O–H groups in total. The van der Waals surface area contributed by atoms with Gasteiger partial charge in [0, 0.05) is 30.7 Å². The van der Waals surface area contributed by atoms with E-state index in [1.54, 1.807) is 0 Å². The van der Waals surface area contributed by atoms with Gasteiger partial charge in [-0.2, -0.15) is 0 Å². The number of hydrogen-bond acceptors (Lipinski definition) is 3.